The van der Waals surface area contributed by atoms with Crippen LogP contribution in [0.2, 0.25) is 0 Å². The van der Waals surface area contributed by atoms with Crippen LogP contribution >= 0.6 is 22.6 Å². The first-order valence-electron chi connectivity index (χ1n) is 7.51. The summed E-state index contributed by atoms with van der Waals surface area (Å²) in [5, 5.41) is 0. The van der Waals surface area contributed by atoms with Crippen molar-refractivity contribution in [2.75, 3.05) is 0 Å². The molecule has 4 saturated carbocycles. The fourth-order valence-electron chi connectivity index (χ4n) is 6.65. The normalized spacial score (nSPS) is 67.8. The molecule has 8 atom stereocenters. The van der Waals surface area contributed by atoms with Gasteiger partial charge in [-0.2, -0.15) is 0 Å². The van der Waals surface area contributed by atoms with Crippen LogP contribution < -0.4 is 5.73 Å². The quantitative estimate of drug-likeness (QED) is 0.570. The average Bonchev–Trinajstić information content (AvgIpc) is 2.95. The van der Waals surface area contributed by atoms with E-state index >= 15 is 0 Å². The summed E-state index contributed by atoms with van der Waals surface area (Å²) in [7, 11) is 0. The zero-order valence-electron chi connectivity index (χ0n) is 11.0. The molecule has 17 heavy (non-hydrogen) atoms. The molecule has 0 amide bonds. The van der Waals surface area contributed by atoms with E-state index in [2.05, 4.69) is 36.4 Å². The number of hydrogen-bond acceptors (Lipinski definition) is 1. The number of alkyl halides is 1. The van der Waals surface area contributed by atoms with E-state index in [0.717, 1.165) is 33.5 Å². The van der Waals surface area contributed by atoms with Crippen LogP contribution in [0.4, 0.5) is 0 Å². The number of nitrogens with two attached hydrogens (primary N) is 1. The lowest BCUT2D eigenvalue weighted by Crippen LogP contribution is -2.53. The van der Waals surface area contributed by atoms with Crippen LogP contribution in [0.5, 0.6) is 0 Å². The van der Waals surface area contributed by atoms with E-state index in [4.69, 9.17) is 5.73 Å². The second-order valence-corrected chi connectivity index (χ2v) is 8.87. The molecule has 4 aliphatic carbocycles. The lowest BCUT2D eigenvalue weighted by atomic mass is 9.61. The molecular formula is C15H24IN. The lowest BCUT2D eigenvalue weighted by Gasteiger charge is -2.47. The van der Waals surface area contributed by atoms with Gasteiger partial charge in [0, 0.05) is 9.46 Å². The second kappa shape index (κ2) is 3.23. The Hall–Kier alpha value is 0.690. The molecule has 1 spiro atoms. The molecule has 96 valence electrons. The average molecular weight is 345 g/mol. The highest BCUT2D eigenvalue weighted by Crippen LogP contribution is 2.87. The minimum Gasteiger partial charge on any atom is -0.325 e. The Morgan fingerprint density at radius 1 is 1.24 bits per heavy atom. The predicted octanol–water partition coefficient (Wildman–Crippen LogP) is 3.60. The van der Waals surface area contributed by atoms with Crippen LogP contribution in [0.25, 0.3) is 0 Å². The third-order valence-corrected chi connectivity index (χ3v) is 8.73. The minimum absolute atomic E-state index is 0.176. The predicted molar refractivity (Wildman–Crippen MR) is 79.0 cm³/mol. The highest BCUT2D eigenvalue weighted by Gasteiger charge is 2.86. The van der Waals surface area contributed by atoms with Gasteiger partial charge in [0.25, 0.3) is 0 Å². The van der Waals surface area contributed by atoms with Gasteiger partial charge >= 0.3 is 0 Å². The van der Waals surface area contributed by atoms with Gasteiger partial charge in [0.2, 0.25) is 0 Å². The Morgan fingerprint density at radius 3 is 2.71 bits per heavy atom. The Morgan fingerprint density at radius 2 is 2.00 bits per heavy atom. The van der Waals surface area contributed by atoms with Crippen LogP contribution in [-0.2, 0) is 0 Å². The van der Waals surface area contributed by atoms with Crippen molar-refractivity contribution < 1.29 is 0 Å². The van der Waals surface area contributed by atoms with Gasteiger partial charge in [0.05, 0.1) is 0 Å². The van der Waals surface area contributed by atoms with Crippen molar-refractivity contribution in [1.82, 2.24) is 0 Å². The Balaban J connectivity index is 1.83. The molecule has 2 N–H and O–H groups in total. The molecular weight excluding hydrogens is 321 g/mol. The fraction of sp³-hybridized carbons (Fsp3) is 1.00. The number of rotatable bonds is 1. The van der Waals surface area contributed by atoms with E-state index in [1.807, 2.05) is 0 Å². The summed E-state index contributed by atoms with van der Waals surface area (Å²) in [4.78, 5) is 0. The highest BCUT2D eigenvalue weighted by molar-refractivity contribution is 14.1. The molecule has 1 nitrogen and oxygen atoms in total. The molecule has 4 fully saturated rings. The van der Waals surface area contributed by atoms with Crippen LogP contribution in [0.3, 0.4) is 0 Å². The van der Waals surface area contributed by atoms with Gasteiger partial charge in [0.1, 0.15) is 0 Å². The van der Waals surface area contributed by atoms with Gasteiger partial charge in [-0.1, -0.05) is 36.4 Å². The molecule has 0 aromatic carbocycles. The van der Waals surface area contributed by atoms with Crippen molar-refractivity contribution in [1.29, 1.82) is 0 Å². The smallest absolute Gasteiger partial charge is 0.0217 e. The maximum Gasteiger partial charge on any atom is 0.0217 e. The molecule has 0 heterocycles. The number of fused-ring (bicyclic) bond motifs is 1. The lowest BCUT2D eigenvalue weighted by molar-refractivity contribution is 0.0656. The summed E-state index contributed by atoms with van der Waals surface area (Å²) >= 11 is 2.74. The first-order chi connectivity index (χ1) is 8.08. The summed E-state index contributed by atoms with van der Waals surface area (Å²) in [6.45, 7) is 4.85. The summed E-state index contributed by atoms with van der Waals surface area (Å²) in [5.74, 6) is 5.07. The maximum atomic E-state index is 6.95. The van der Waals surface area contributed by atoms with Crippen molar-refractivity contribution in [3.63, 3.8) is 0 Å². The fourth-order valence-corrected chi connectivity index (χ4v) is 7.94. The maximum absolute atomic E-state index is 6.95. The van der Waals surface area contributed by atoms with E-state index in [0.29, 0.717) is 5.41 Å². The van der Waals surface area contributed by atoms with Gasteiger partial charge < -0.3 is 5.73 Å². The van der Waals surface area contributed by atoms with Crippen LogP contribution in [0.1, 0.15) is 46.0 Å². The van der Waals surface area contributed by atoms with E-state index in [9.17, 15) is 0 Å². The number of hydrogen-bond donors (Lipinski definition) is 1. The van der Waals surface area contributed by atoms with Crippen molar-refractivity contribution in [3.05, 3.63) is 0 Å². The monoisotopic (exact) mass is 345 g/mol. The summed E-state index contributed by atoms with van der Waals surface area (Å²) in [6, 6.07) is 0. The van der Waals surface area contributed by atoms with Gasteiger partial charge in [-0.25, -0.2) is 0 Å². The topological polar surface area (TPSA) is 26.0 Å². The van der Waals surface area contributed by atoms with Crippen LogP contribution in [-0.4, -0.2) is 9.46 Å². The third-order valence-electron chi connectivity index (χ3n) is 7.28. The zero-order valence-corrected chi connectivity index (χ0v) is 13.1. The van der Waals surface area contributed by atoms with Crippen molar-refractivity contribution in [3.8, 4) is 0 Å². The van der Waals surface area contributed by atoms with Crippen LogP contribution in [0, 0.1) is 35.0 Å². The molecule has 0 aliphatic heterocycles. The van der Waals surface area contributed by atoms with Crippen LogP contribution in [0.15, 0.2) is 0 Å². The van der Waals surface area contributed by atoms with E-state index in [1.54, 1.807) is 0 Å². The Labute approximate surface area is 118 Å². The zero-order chi connectivity index (χ0) is 12.0. The van der Waals surface area contributed by atoms with Gasteiger partial charge in [-0.15, -0.1) is 0 Å². The first-order valence-corrected chi connectivity index (χ1v) is 8.75. The molecule has 4 aliphatic rings. The summed E-state index contributed by atoms with van der Waals surface area (Å²) < 4.78 is 0.919. The second-order valence-electron chi connectivity index (χ2n) is 7.27. The number of halogens is 1. The molecule has 0 saturated heterocycles. The Kier molecular flexibility index (Phi) is 2.18. The first kappa shape index (κ1) is 11.5. The SMILES string of the molecule is CCC1(N)CCC(I)C2C3CCC(C)C14C3C24. The van der Waals surface area contributed by atoms with Crippen molar-refractivity contribution in [2.45, 2.75) is 55.4 Å². The molecule has 0 aromatic rings. The van der Waals surface area contributed by atoms with Gasteiger partial charge in [0.15, 0.2) is 0 Å². The van der Waals surface area contributed by atoms with Gasteiger partial charge in [-0.3, -0.25) is 0 Å². The molecule has 4 rings (SSSR count). The van der Waals surface area contributed by atoms with Crippen molar-refractivity contribution >= 4 is 22.6 Å². The minimum atomic E-state index is 0.176. The molecule has 0 radical (unpaired) electrons. The highest BCUT2D eigenvalue weighted by atomic mass is 127. The summed E-state index contributed by atoms with van der Waals surface area (Å²) in [6.07, 6.45) is 6.83. The van der Waals surface area contributed by atoms with E-state index < -0.39 is 0 Å². The Bertz CT molecular complexity index is 370. The molecule has 2 heteroatoms. The molecule has 0 aromatic heterocycles. The third kappa shape index (κ3) is 1.01. The summed E-state index contributed by atoms with van der Waals surface area (Å²) in [5.41, 5.74) is 7.71. The van der Waals surface area contributed by atoms with Crippen molar-refractivity contribution in [2.24, 2.45) is 40.7 Å². The van der Waals surface area contributed by atoms with E-state index in [-0.39, 0.29) is 5.54 Å². The van der Waals surface area contributed by atoms with E-state index in [1.165, 1.54) is 32.1 Å². The largest absolute Gasteiger partial charge is 0.325 e. The standard InChI is InChI=1S/C15H24IN/c1-3-14(17)7-6-10(16)11-9-5-4-8(2)15(14)12(9)13(11)15/h8-13H,3-7,17H2,1-2H3. The molecule has 8 unspecified atom stereocenters. The molecule has 0 bridgehead atoms. The van der Waals surface area contributed by atoms with Gasteiger partial charge in [-0.05, 0) is 67.1 Å².